The average Bonchev–Trinajstić information content (AvgIpc) is 3.61. The molecule has 4 heterocycles. The first-order chi connectivity index (χ1) is 16.2. The van der Waals surface area contributed by atoms with Crippen molar-refractivity contribution >= 4 is 56.5 Å². The molecule has 0 saturated carbocycles. The first-order valence-electron chi connectivity index (χ1n) is 10.7. The van der Waals surface area contributed by atoms with Gasteiger partial charge in [0.1, 0.15) is 28.0 Å². The number of aryl methyl sites for hydroxylation is 2. The highest BCUT2D eigenvalue weighted by molar-refractivity contribution is 8.00. The fraction of sp³-hybridized carbons (Fsp3) is 0.250. The van der Waals surface area contributed by atoms with Gasteiger partial charge in [-0.3, -0.25) is 4.79 Å². The van der Waals surface area contributed by atoms with E-state index in [9.17, 15) is 4.79 Å². The zero-order chi connectivity index (χ0) is 22.4. The van der Waals surface area contributed by atoms with E-state index in [1.807, 2.05) is 36.4 Å². The summed E-state index contributed by atoms with van der Waals surface area (Å²) in [5.74, 6) is 0.885. The highest BCUT2D eigenvalue weighted by atomic mass is 35.5. The second-order valence-electron chi connectivity index (χ2n) is 8.03. The molecule has 0 unspecified atom stereocenters. The Balaban J connectivity index is 1.27. The lowest BCUT2D eigenvalue weighted by molar-refractivity contribution is -0.130. The Kier molecular flexibility index (Phi) is 5.44. The molecule has 0 radical (unpaired) electrons. The molecule has 33 heavy (non-hydrogen) atoms. The van der Waals surface area contributed by atoms with Crippen LogP contribution in [0.1, 0.15) is 40.6 Å². The van der Waals surface area contributed by atoms with Crippen LogP contribution in [-0.2, 0) is 17.6 Å². The van der Waals surface area contributed by atoms with Gasteiger partial charge in [-0.15, -0.1) is 11.3 Å². The van der Waals surface area contributed by atoms with Gasteiger partial charge in [0, 0.05) is 21.7 Å². The quantitative estimate of drug-likeness (QED) is 0.255. The van der Waals surface area contributed by atoms with E-state index in [1.165, 1.54) is 28.6 Å². The van der Waals surface area contributed by atoms with Crippen LogP contribution in [0.4, 0.5) is 0 Å². The molecule has 0 fully saturated rings. The van der Waals surface area contributed by atoms with Gasteiger partial charge in [0.15, 0.2) is 0 Å². The van der Waals surface area contributed by atoms with Crippen molar-refractivity contribution in [3.8, 4) is 0 Å². The SMILES string of the molecule is O=C(CSc1ncnc2sc3c(c12)CCC3)N1N=C(c2ccc(Cl)cc2)C[C@H]1c1ccco1. The molecule has 0 spiro atoms. The number of carbonyl (C=O) groups is 1. The third-order valence-electron chi connectivity index (χ3n) is 6.01. The molecule has 9 heteroatoms. The zero-order valence-corrected chi connectivity index (χ0v) is 19.9. The van der Waals surface area contributed by atoms with E-state index in [-0.39, 0.29) is 17.7 Å². The Morgan fingerprint density at radius 1 is 1.21 bits per heavy atom. The number of nitrogens with zero attached hydrogens (tertiary/aromatic N) is 4. The predicted octanol–water partition coefficient (Wildman–Crippen LogP) is 5.90. The molecular weight excluding hydrogens is 476 g/mol. The smallest absolute Gasteiger partial charge is 0.253 e. The average molecular weight is 495 g/mol. The third kappa shape index (κ3) is 3.86. The van der Waals surface area contributed by atoms with Crippen molar-refractivity contribution in [1.82, 2.24) is 15.0 Å². The van der Waals surface area contributed by atoms with Crippen LogP contribution in [0.2, 0.25) is 5.02 Å². The second-order valence-corrected chi connectivity index (χ2v) is 10.5. The molecule has 0 N–H and O–H groups in total. The van der Waals surface area contributed by atoms with Crippen molar-refractivity contribution in [2.75, 3.05) is 5.75 Å². The summed E-state index contributed by atoms with van der Waals surface area (Å²) in [6.45, 7) is 0. The molecule has 0 saturated heterocycles. The van der Waals surface area contributed by atoms with E-state index in [0.717, 1.165) is 45.1 Å². The molecule has 1 atom stereocenters. The summed E-state index contributed by atoms with van der Waals surface area (Å²) in [6.07, 6.45) is 7.16. The van der Waals surface area contributed by atoms with Crippen LogP contribution in [0.5, 0.6) is 0 Å². The summed E-state index contributed by atoms with van der Waals surface area (Å²) in [7, 11) is 0. The van der Waals surface area contributed by atoms with Crippen LogP contribution < -0.4 is 0 Å². The lowest BCUT2D eigenvalue weighted by atomic mass is 10.0. The van der Waals surface area contributed by atoms with Crippen molar-refractivity contribution in [3.63, 3.8) is 0 Å². The fourth-order valence-electron chi connectivity index (χ4n) is 4.46. The standard InChI is InChI=1S/C24H19ClN4O2S2/c25-15-8-6-14(7-9-15)17-11-18(19-4-2-10-31-19)29(28-17)21(30)12-32-23-22-16-3-1-5-20(16)33-24(22)27-13-26-23/h2,4,6-10,13,18H,1,3,5,11-12H2/t18-/m0/s1. The molecule has 6 rings (SSSR count). The lowest BCUT2D eigenvalue weighted by Gasteiger charge is -2.19. The Bertz CT molecular complexity index is 1370. The number of hydrogen-bond acceptors (Lipinski definition) is 7. The largest absolute Gasteiger partial charge is 0.467 e. The normalized spacial score (nSPS) is 17.5. The van der Waals surface area contributed by atoms with Crippen LogP contribution >= 0.6 is 34.7 Å². The minimum absolute atomic E-state index is 0.0796. The van der Waals surface area contributed by atoms with Crippen LogP contribution in [0.3, 0.4) is 0 Å². The third-order valence-corrected chi connectivity index (χ3v) is 8.44. The highest BCUT2D eigenvalue weighted by Gasteiger charge is 2.35. The van der Waals surface area contributed by atoms with Gasteiger partial charge < -0.3 is 4.42 Å². The van der Waals surface area contributed by atoms with Gasteiger partial charge in [0.2, 0.25) is 0 Å². The maximum atomic E-state index is 13.4. The van der Waals surface area contributed by atoms with E-state index in [4.69, 9.17) is 21.1 Å². The van der Waals surface area contributed by atoms with Crippen molar-refractivity contribution in [2.45, 2.75) is 36.8 Å². The van der Waals surface area contributed by atoms with E-state index in [1.54, 1.807) is 28.9 Å². The number of benzene rings is 1. The van der Waals surface area contributed by atoms with E-state index >= 15 is 0 Å². The molecule has 2 aliphatic rings. The monoisotopic (exact) mass is 494 g/mol. The van der Waals surface area contributed by atoms with E-state index in [0.29, 0.717) is 11.4 Å². The Labute approximate surface area is 203 Å². The first kappa shape index (κ1) is 20.9. The number of thioether (sulfide) groups is 1. The maximum absolute atomic E-state index is 13.4. The molecule has 3 aromatic heterocycles. The first-order valence-corrected chi connectivity index (χ1v) is 12.9. The number of amides is 1. The minimum atomic E-state index is -0.269. The number of fused-ring (bicyclic) bond motifs is 3. The topological polar surface area (TPSA) is 71.6 Å². The number of carbonyl (C=O) groups excluding carboxylic acids is 1. The molecule has 4 aromatic rings. The molecular formula is C24H19ClN4O2S2. The zero-order valence-electron chi connectivity index (χ0n) is 17.5. The lowest BCUT2D eigenvalue weighted by Crippen LogP contribution is -2.28. The van der Waals surface area contributed by atoms with Gasteiger partial charge in [-0.25, -0.2) is 15.0 Å². The Morgan fingerprint density at radius 3 is 2.91 bits per heavy atom. The molecule has 1 aromatic carbocycles. The Hall–Kier alpha value is -2.68. The summed E-state index contributed by atoms with van der Waals surface area (Å²) in [5, 5.41) is 8.93. The van der Waals surface area contributed by atoms with Crippen LogP contribution in [-0.4, -0.2) is 32.3 Å². The van der Waals surface area contributed by atoms with Crippen molar-refractivity contribution in [1.29, 1.82) is 0 Å². The Morgan fingerprint density at radius 2 is 2.09 bits per heavy atom. The predicted molar refractivity (Wildman–Crippen MR) is 131 cm³/mol. The number of rotatable bonds is 5. The van der Waals surface area contributed by atoms with Crippen molar-refractivity contribution in [2.24, 2.45) is 5.10 Å². The summed E-state index contributed by atoms with van der Waals surface area (Å²) in [6, 6.07) is 11.0. The van der Waals surface area contributed by atoms with Crippen LogP contribution in [0, 0.1) is 0 Å². The molecule has 1 aliphatic carbocycles. The summed E-state index contributed by atoms with van der Waals surface area (Å²) in [5.41, 5.74) is 3.15. The van der Waals surface area contributed by atoms with E-state index in [2.05, 4.69) is 9.97 Å². The number of hydrazone groups is 1. The highest BCUT2D eigenvalue weighted by Crippen LogP contribution is 2.40. The number of aromatic nitrogens is 2. The van der Waals surface area contributed by atoms with Crippen molar-refractivity contribution < 1.29 is 9.21 Å². The number of furan rings is 1. The maximum Gasteiger partial charge on any atom is 0.253 e. The van der Waals surface area contributed by atoms with Crippen LogP contribution in [0.15, 0.2) is 63.5 Å². The van der Waals surface area contributed by atoms with Gasteiger partial charge in [0.25, 0.3) is 5.91 Å². The molecule has 1 amide bonds. The molecule has 0 bridgehead atoms. The molecule has 166 valence electrons. The van der Waals surface area contributed by atoms with Gasteiger partial charge in [-0.1, -0.05) is 35.5 Å². The summed E-state index contributed by atoms with van der Waals surface area (Å²) < 4.78 is 5.65. The second kappa shape index (κ2) is 8.59. The van der Waals surface area contributed by atoms with Gasteiger partial charge in [-0.05, 0) is 54.7 Å². The molecule has 6 nitrogen and oxygen atoms in total. The number of thiophene rings is 1. The molecule has 1 aliphatic heterocycles. The summed E-state index contributed by atoms with van der Waals surface area (Å²) in [4.78, 5) is 24.8. The van der Waals surface area contributed by atoms with Gasteiger partial charge in [0.05, 0.1) is 17.7 Å². The fourth-order valence-corrected chi connectivity index (χ4v) is 6.76. The summed E-state index contributed by atoms with van der Waals surface area (Å²) >= 11 is 9.26. The van der Waals surface area contributed by atoms with Gasteiger partial charge >= 0.3 is 0 Å². The van der Waals surface area contributed by atoms with Gasteiger partial charge in [-0.2, -0.15) is 5.10 Å². The minimum Gasteiger partial charge on any atom is -0.467 e. The number of hydrogen-bond donors (Lipinski definition) is 0. The van der Waals surface area contributed by atoms with Crippen molar-refractivity contribution in [3.05, 3.63) is 75.8 Å². The van der Waals surface area contributed by atoms with Crippen LogP contribution in [0.25, 0.3) is 10.2 Å². The number of halogens is 1. The van der Waals surface area contributed by atoms with E-state index < -0.39 is 0 Å².